The first-order valence-corrected chi connectivity index (χ1v) is 8.57. The maximum absolute atomic E-state index is 13.6. The van der Waals surface area contributed by atoms with Gasteiger partial charge in [0.05, 0.1) is 5.56 Å². The van der Waals surface area contributed by atoms with Gasteiger partial charge in [-0.05, 0) is 36.1 Å². The van der Waals surface area contributed by atoms with Crippen molar-refractivity contribution in [3.05, 3.63) is 65.6 Å². The summed E-state index contributed by atoms with van der Waals surface area (Å²) in [7, 11) is 2.04. The minimum atomic E-state index is -0.280. The molecule has 126 valence electrons. The molecule has 2 aromatic carbocycles. The van der Waals surface area contributed by atoms with Crippen LogP contribution in [0.4, 0.5) is 4.39 Å². The highest BCUT2D eigenvalue weighted by molar-refractivity contribution is 6.09. The topological polar surface area (TPSA) is 17.0 Å². The number of nitrogens with zero attached hydrogens (tertiary/aromatic N) is 1. The molecule has 0 aliphatic heterocycles. The van der Waals surface area contributed by atoms with Gasteiger partial charge in [-0.1, -0.05) is 26.0 Å². The maximum Gasteiger partial charge on any atom is 0.216 e. The Hall–Kier alpha value is -2.68. The first-order valence-electron chi connectivity index (χ1n) is 8.57. The van der Waals surface area contributed by atoms with Gasteiger partial charge in [-0.2, -0.15) is 0 Å². The Morgan fingerprint density at radius 2 is 1.76 bits per heavy atom. The third-order valence-corrected chi connectivity index (χ3v) is 4.91. The van der Waals surface area contributed by atoms with E-state index in [-0.39, 0.29) is 5.82 Å². The maximum atomic E-state index is 13.6. The molecule has 0 saturated heterocycles. The Balaban J connectivity index is 2.09. The number of aromatic nitrogens is 1. The van der Waals surface area contributed by atoms with Crippen LogP contribution in [0.15, 0.2) is 53.1 Å². The summed E-state index contributed by atoms with van der Waals surface area (Å²) in [6.45, 7) is 6.47. The summed E-state index contributed by atoms with van der Waals surface area (Å²) in [5.74, 6) is 0.168. The van der Waals surface area contributed by atoms with Crippen LogP contribution in [0.2, 0.25) is 0 Å². The average molecular weight is 334 g/mol. The molecule has 2 heterocycles. The van der Waals surface area contributed by atoms with E-state index in [1.807, 2.05) is 7.05 Å². The van der Waals surface area contributed by atoms with Gasteiger partial charge in [0.25, 0.3) is 0 Å². The van der Waals surface area contributed by atoms with Crippen molar-refractivity contribution in [3.8, 4) is 11.3 Å². The van der Waals surface area contributed by atoms with Gasteiger partial charge in [-0.25, -0.2) is 8.96 Å². The van der Waals surface area contributed by atoms with E-state index < -0.39 is 0 Å². The molecule has 0 atom stereocenters. The van der Waals surface area contributed by atoms with Crippen LogP contribution in [0.1, 0.15) is 30.9 Å². The second kappa shape index (κ2) is 5.69. The second-order valence-electron chi connectivity index (χ2n) is 6.99. The molecule has 2 aromatic heterocycles. The van der Waals surface area contributed by atoms with Crippen LogP contribution in [-0.2, 0) is 7.05 Å². The van der Waals surface area contributed by atoms with Crippen LogP contribution in [0, 0.1) is 12.7 Å². The number of benzene rings is 2. The number of furan rings is 1. The molecule has 2 nitrogen and oxygen atoms in total. The number of halogens is 1. The van der Waals surface area contributed by atoms with Crippen LogP contribution in [-0.4, -0.2) is 0 Å². The summed E-state index contributed by atoms with van der Waals surface area (Å²) in [5, 5.41) is 1.96. The van der Waals surface area contributed by atoms with E-state index in [0.717, 1.165) is 33.2 Å². The normalized spacial score (nSPS) is 11.8. The summed E-state index contributed by atoms with van der Waals surface area (Å²) in [4.78, 5) is 0. The molecular formula is C22H21FNO+. The highest BCUT2D eigenvalue weighted by Gasteiger charge is 2.21. The lowest BCUT2D eigenvalue weighted by atomic mass is 9.97. The van der Waals surface area contributed by atoms with Gasteiger partial charge in [-0.3, -0.25) is 0 Å². The minimum absolute atomic E-state index is 0.280. The van der Waals surface area contributed by atoms with Gasteiger partial charge in [0, 0.05) is 29.0 Å². The van der Waals surface area contributed by atoms with Gasteiger partial charge in [-0.15, -0.1) is 0 Å². The van der Waals surface area contributed by atoms with Gasteiger partial charge in [0.2, 0.25) is 5.69 Å². The fourth-order valence-corrected chi connectivity index (χ4v) is 3.42. The lowest BCUT2D eigenvalue weighted by Gasteiger charge is -2.09. The standard InChI is InChI=1S/C22H21FNO/c1-13(2)15-9-10-24(4)19(11-15)21-14(3)5-7-18-17-8-6-16(23)12-20(17)25-22(18)21/h5-13H,1-4H3/q+1. The number of fused-ring (bicyclic) bond motifs is 3. The van der Waals surface area contributed by atoms with Gasteiger partial charge in [0.1, 0.15) is 24.0 Å². The average Bonchev–Trinajstić information content (AvgIpc) is 2.92. The van der Waals surface area contributed by atoms with Crippen LogP contribution < -0.4 is 4.57 Å². The molecule has 0 radical (unpaired) electrons. The predicted octanol–water partition coefficient (Wildman–Crippen LogP) is 5.65. The fourth-order valence-electron chi connectivity index (χ4n) is 3.42. The largest absolute Gasteiger partial charge is 0.455 e. The molecule has 0 aliphatic rings. The molecule has 0 bridgehead atoms. The van der Waals surface area contributed by atoms with Crippen molar-refractivity contribution in [3.63, 3.8) is 0 Å². The van der Waals surface area contributed by atoms with Gasteiger partial charge >= 0.3 is 0 Å². The summed E-state index contributed by atoms with van der Waals surface area (Å²) < 4.78 is 21.8. The van der Waals surface area contributed by atoms with Gasteiger partial charge in [0.15, 0.2) is 6.20 Å². The molecule has 0 N–H and O–H groups in total. The van der Waals surface area contributed by atoms with E-state index in [0.29, 0.717) is 11.5 Å². The Kier molecular flexibility index (Phi) is 3.60. The lowest BCUT2D eigenvalue weighted by molar-refractivity contribution is -0.660. The molecule has 0 fully saturated rings. The van der Waals surface area contributed by atoms with Crippen molar-refractivity contribution in [1.29, 1.82) is 0 Å². The number of pyridine rings is 1. The van der Waals surface area contributed by atoms with Crippen molar-refractivity contribution < 1.29 is 13.4 Å². The third kappa shape index (κ3) is 2.51. The third-order valence-electron chi connectivity index (χ3n) is 4.91. The fraction of sp³-hybridized carbons (Fsp3) is 0.227. The van der Waals surface area contributed by atoms with Crippen molar-refractivity contribution >= 4 is 21.9 Å². The smallest absolute Gasteiger partial charge is 0.216 e. The van der Waals surface area contributed by atoms with Crippen molar-refractivity contribution in [1.82, 2.24) is 0 Å². The zero-order valence-corrected chi connectivity index (χ0v) is 14.9. The molecular weight excluding hydrogens is 313 g/mol. The molecule has 3 heteroatoms. The molecule has 0 saturated carbocycles. The number of rotatable bonds is 2. The zero-order chi connectivity index (χ0) is 17.7. The molecule has 0 aliphatic carbocycles. The summed E-state index contributed by atoms with van der Waals surface area (Å²) >= 11 is 0. The molecule has 25 heavy (non-hydrogen) atoms. The van der Waals surface area contributed by atoms with E-state index in [2.05, 4.69) is 55.8 Å². The first kappa shape index (κ1) is 15.8. The van der Waals surface area contributed by atoms with E-state index in [9.17, 15) is 4.39 Å². The van der Waals surface area contributed by atoms with E-state index >= 15 is 0 Å². The van der Waals surface area contributed by atoms with Crippen molar-refractivity contribution in [2.75, 3.05) is 0 Å². The molecule has 4 aromatic rings. The highest BCUT2D eigenvalue weighted by Crippen LogP contribution is 2.37. The Bertz CT molecular complexity index is 1110. The molecule has 0 unspecified atom stereocenters. The summed E-state index contributed by atoms with van der Waals surface area (Å²) in [6, 6.07) is 13.3. The number of aryl methyl sites for hydroxylation is 2. The van der Waals surface area contributed by atoms with E-state index in [1.54, 1.807) is 6.07 Å². The predicted molar refractivity (Wildman–Crippen MR) is 99.1 cm³/mol. The molecule has 4 rings (SSSR count). The molecule has 0 amide bonds. The minimum Gasteiger partial charge on any atom is -0.455 e. The Labute approximate surface area is 146 Å². The summed E-state index contributed by atoms with van der Waals surface area (Å²) in [5.41, 5.74) is 6.00. The SMILES string of the molecule is Cc1ccc2c(oc3cc(F)ccc32)c1-c1cc(C(C)C)cc[n+]1C. The quantitative estimate of drug-likeness (QED) is 0.433. The van der Waals surface area contributed by atoms with Crippen LogP contribution in [0.3, 0.4) is 0 Å². The highest BCUT2D eigenvalue weighted by atomic mass is 19.1. The Morgan fingerprint density at radius 1 is 1.00 bits per heavy atom. The van der Waals surface area contributed by atoms with Crippen molar-refractivity contribution in [2.45, 2.75) is 26.7 Å². The van der Waals surface area contributed by atoms with Crippen LogP contribution in [0.5, 0.6) is 0 Å². The lowest BCUT2D eigenvalue weighted by Crippen LogP contribution is -2.31. The monoisotopic (exact) mass is 334 g/mol. The van der Waals surface area contributed by atoms with Crippen LogP contribution >= 0.6 is 0 Å². The second-order valence-corrected chi connectivity index (χ2v) is 6.99. The van der Waals surface area contributed by atoms with Gasteiger partial charge < -0.3 is 4.42 Å². The van der Waals surface area contributed by atoms with E-state index in [4.69, 9.17) is 4.42 Å². The summed E-state index contributed by atoms with van der Waals surface area (Å²) in [6.07, 6.45) is 2.09. The zero-order valence-electron chi connectivity index (χ0n) is 14.9. The van der Waals surface area contributed by atoms with Crippen molar-refractivity contribution in [2.24, 2.45) is 7.05 Å². The first-order chi connectivity index (χ1) is 12.0. The van der Waals surface area contributed by atoms with E-state index in [1.165, 1.54) is 17.7 Å². The number of hydrogen-bond acceptors (Lipinski definition) is 1. The van der Waals surface area contributed by atoms with Crippen LogP contribution in [0.25, 0.3) is 33.2 Å². The molecule has 0 spiro atoms. The Morgan fingerprint density at radius 3 is 2.52 bits per heavy atom. The number of hydrogen-bond donors (Lipinski definition) is 0.